The number of para-hydroxylation sites is 1. The average Bonchev–Trinajstić information content (AvgIpc) is 2.71. The minimum Gasteiger partial charge on any atom is -0.456 e. The molecule has 0 spiro atoms. The quantitative estimate of drug-likeness (QED) is 0.191. The lowest BCUT2D eigenvalue weighted by Gasteiger charge is -2.21. The molecule has 0 aromatic heterocycles. The Morgan fingerprint density at radius 1 is 0.941 bits per heavy atom. The molecule has 0 atom stereocenters. The Balaban J connectivity index is 2.34. The maximum absolute atomic E-state index is 12.6. The number of esters is 3. The van der Waals surface area contributed by atoms with Crippen molar-refractivity contribution >= 4 is 35.0 Å². The molecule has 2 aromatic carbocycles. The molecule has 1 N–H and O–H groups in total. The fourth-order valence-corrected chi connectivity index (χ4v) is 2.67. The second kappa shape index (κ2) is 9.86. The number of nitro benzene ring substituents is 1. The first-order chi connectivity index (χ1) is 15.6. The first-order valence-corrected chi connectivity index (χ1v) is 10.4. The number of ether oxygens (including phenoxy) is 2. The van der Waals surface area contributed by atoms with Gasteiger partial charge in [0, 0.05) is 11.6 Å². The Morgan fingerprint density at radius 2 is 1.56 bits per heavy atom. The number of anilines is 2. The molecule has 0 saturated carbocycles. The van der Waals surface area contributed by atoms with Crippen LogP contribution in [0, 0.1) is 15.5 Å². The summed E-state index contributed by atoms with van der Waals surface area (Å²) in [6, 6.07) is 9.96. The second-order valence-electron chi connectivity index (χ2n) is 9.57. The number of hydrogen-bond acceptors (Lipinski definition) is 8. The molecule has 0 unspecified atom stereocenters. The third kappa shape index (κ3) is 6.74. The predicted molar refractivity (Wildman–Crippen MR) is 127 cm³/mol. The summed E-state index contributed by atoms with van der Waals surface area (Å²) in [5.41, 5.74) is -1.39. The largest absolute Gasteiger partial charge is 0.456 e. The highest BCUT2D eigenvalue weighted by atomic mass is 16.6. The Bertz CT molecular complexity index is 1150. The minimum atomic E-state index is -1.04. The van der Waals surface area contributed by atoms with Gasteiger partial charge in [-0.25, -0.2) is 14.4 Å². The fourth-order valence-electron chi connectivity index (χ4n) is 2.67. The van der Waals surface area contributed by atoms with Gasteiger partial charge >= 0.3 is 17.9 Å². The summed E-state index contributed by atoms with van der Waals surface area (Å²) < 4.78 is 10.2. The third-order valence-electron chi connectivity index (χ3n) is 4.58. The van der Waals surface area contributed by atoms with Gasteiger partial charge in [0.25, 0.3) is 5.69 Å². The van der Waals surface area contributed by atoms with E-state index in [0.29, 0.717) is 0 Å². The first kappa shape index (κ1) is 26.2. The highest BCUT2D eigenvalue weighted by Gasteiger charge is 2.27. The van der Waals surface area contributed by atoms with Crippen LogP contribution >= 0.6 is 0 Å². The molecule has 9 heteroatoms. The molecule has 180 valence electrons. The van der Waals surface area contributed by atoms with Crippen molar-refractivity contribution in [2.24, 2.45) is 5.41 Å². The normalized spacial score (nSPS) is 11.4. The van der Waals surface area contributed by atoms with E-state index in [0.717, 1.165) is 6.07 Å². The van der Waals surface area contributed by atoms with Gasteiger partial charge in [-0.3, -0.25) is 10.1 Å². The lowest BCUT2D eigenvalue weighted by molar-refractivity contribution is -0.383. The average molecular weight is 469 g/mol. The molecular formula is C25H28N2O7. The van der Waals surface area contributed by atoms with E-state index in [1.807, 2.05) is 0 Å². The van der Waals surface area contributed by atoms with E-state index < -0.39 is 39.5 Å². The predicted octanol–water partition coefficient (Wildman–Crippen LogP) is 5.58. The molecule has 0 aliphatic heterocycles. The van der Waals surface area contributed by atoms with Gasteiger partial charge in [0.1, 0.15) is 11.3 Å². The molecule has 9 nitrogen and oxygen atoms in total. The van der Waals surface area contributed by atoms with Crippen LogP contribution in [0.3, 0.4) is 0 Å². The van der Waals surface area contributed by atoms with Gasteiger partial charge in [-0.2, -0.15) is 0 Å². The Labute approximate surface area is 197 Å². The van der Waals surface area contributed by atoms with Gasteiger partial charge in [0.2, 0.25) is 0 Å². The summed E-state index contributed by atoms with van der Waals surface area (Å²) in [5, 5.41) is 14.6. The molecule has 2 aromatic rings. The molecule has 0 bridgehead atoms. The van der Waals surface area contributed by atoms with Crippen LogP contribution in [0.4, 0.5) is 17.1 Å². The van der Waals surface area contributed by atoms with Crippen molar-refractivity contribution in [3.63, 3.8) is 0 Å². The van der Waals surface area contributed by atoms with Gasteiger partial charge < -0.3 is 14.8 Å². The number of hydrogen-bond donors (Lipinski definition) is 1. The molecule has 0 amide bonds. The van der Waals surface area contributed by atoms with Crippen LogP contribution in [-0.2, 0) is 14.3 Å². The molecular weight excluding hydrogens is 440 g/mol. The topological polar surface area (TPSA) is 125 Å². The fraction of sp³-hybridized carbons (Fsp3) is 0.320. The van der Waals surface area contributed by atoms with E-state index in [1.54, 1.807) is 59.7 Å². The molecule has 2 rings (SSSR count). The summed E-state index contributed by atoms with van der Waals surface area (Å²) >= 11 is 0. The Kier molecular flexibility index (Phi) is 7.61. The van der Waals surface area contributed by atoms with Gasteiger partial charge in [0.15, 0.2) is 0 Å². The van der Waals surface area contributed by atoms with Crippen molar-refractivity contribution in [1.29, 1.82) is 0 Å². The van der Waals surface area contributed by atoms with Crippen molar-refractivity contribution < 1.29 is 28.8 Å². The highest BCUT2D eigenvalue weighted by Crippen LogP contribution is 2.31. The highest BCUT2D eigenvalue weighted by molar-refractivity contribution is 6.03. The number of benzene rings is 2. The van der Waals surface area contributed by atoms with Crippen molar-refractivity contribution in [1.82, 2.24) is 0 Å². The molecule has 0 fully saturated rings. The van der Waals surface area contributed by atoms with Gasteiger partial charge in [-0.1, -0.05) is 39.5 Å². The van der Waals surface area contributed by atoms with Gasteiger partial charge in [0.05, 0.1) is 21.7 Å². The van der Waals surface area contributed by atoms with E-state index >= 15 is 0 Å². The zero-order chi connectivity index (χ0) is 25.8. The van der Waals surface area contributed by atoms with E-state index in [2.05, 4.69) is 11.9 Å². The molecule has 0 aliphatic rings. The van der Waals surface area contributed by atoms with E-state index in [-0.39, 0.29) is 28.1 Å². The second-order valence-corrected chi connectivity index (χ2v) is 9.57. The van der Waals surface area contributed by atoms with Crippen LogP contribution in [-0.4, -0.2) is 28.4 Å². The van der Waals surface area contributed by atoms with Crippen LogP contribution in [0.25, 0.3) is 0 Å². The van der Waals surface area contributed by atoms with Crippen LogP contribution < -0.4 is 5.32 Å². The maximum atomic E-state index is 12.6. The number of carbonyl (C=O) groups excluding carboxylic acids is 3. The van der Waals surface area contributed by atoms with Gasteiger partial charge in [-0.15, -0.1) is 0 Å². The number of carbonyl (C=O) groups is 3. The Hall–Kier alpha value is -4.01. The molecule has 34 heavy (non-hydrogen) atoms. The van der Waals surface area contributed by atoms with E-state index in [4.69, 9.17) is 9.47 Å². The van der Waals surface area contributed by atoms with Crippen LogP contribution in [0.5, 0.6) is 0 Å². The van der Waals surface area contributed by atoms with E-state index in [1.165, 1.54) is 18.2 Å². The zero-order valence-electron chi connectivity index (χ0n) is 20.1. The standard InChI is InChI=1S/C25H28N2O7/c1-15(24(2,3)4)21(28)33-22(29)16-12-13-19(20(14-16)27(31)32)26-18-11-9-8-10-17(18)23(30)34-25(5,6)7/h8-14,26H,1H2,2-7H3. The molecule has 0 aliphatic carbocycles. The van der Waals surface area contributed by atoms with Crippen LogP contribution in [0.15, 0.2) is 54.6 Å². The molecule has 0 radical (unpaired) electrons. The minimum absolute atomic E-state index is 0.0305. The summed E-state index contributed by atoms with van der Waals surface area (Å²) in [5.74, 6) is -2.55. The molecule has 0 heterocycles. The molecule has 0 saturated heterocycles. The Morgan fingerprint density at radius 3 is 2.12 bits per heavy atom. The summed E-state index contributed by atoms with van der Waals surface area (Å²) in [6.07, 6.45) is 0. The SMILES string of the molecule is C=C(C(=O)OC(=O)c1ccc(Nc2ccccc2C(=O)OC(C)(C)C)c([N+](=O)[O-])c1)C(C)(C)C. The number of rotatable bonds is 6. The van der Waals surface area contributed by atoms with Crippen molar-refractivity contribution in [3.8, 4) is 0 Å². The lowest BCUT2D eigenvalue weighted by atomic mass is 9.88. The smallest absolute Gasteiger partial charge is 0.346 e. The maximum Gasteiger partial charge on any atom is 0.346 e. The number of nitrogens with one attached hydrogen (secondary N) is 1. The summed E-state index contributed by atoms with van der Waals surface area (Å²) in [4.78, 5) is 48.2. The number of nitro groups is 1. The monoisotopic (exact) mass is 468 g/mol. The first-order valence-electron chi connectivity index (χ1n) is 10.4. The zero-order valence-corrected chi connectivity index (χ0v) is 20.1. The van der Waals surface area contributed by atoms with Crippen molar-refractivity contribution in [3.05, 3.63) is 75.9 Å². The van der Waals surface area contributed by atoms with Crippen LogP contribution in [0.2, 0.25) is 0 Å². The van der Waals surface area contributed by atoms with Crippen molar-refractivity contribution in [2.75, 3.05) is 5.32 Å². The third-order valence-corrected chi connectivity index (χ3v) is 4.58. The van der Waals surface area contributed by atoms with E-state index in [9.17, 15) is 24.5 Å². The van der Waals surface area contributed by atoms with Gasteiger partial charge in [-0.05, 0) is 50.5 Å². The summed E-state index contributed by atoms with van der Waals surface area (Å²) in [6.45, 7) is 14.0. The lowest BCUT2D eigenvalue weighted by Crippen LogP contribution is -2.24. The number of nitrogens with zero attached hydrogens (tertiary/aromatic N) is 1. The van der Waals surface area contributed by atoms with Crippen LogP contribution in [0.1, 0.15) is 62.3 Å². The van der Waals surface area contributed by atoms with Crippen molar-refractivity contribution in [2.45, 2.75) is 47.1 Å². The summed E-state index contributed by atoms with van der Waals surface area (Å²) in [7, 11) is 0.